The largest absolute Gasteiger partial charge is 0.370 e. The third-order valence-electron chi connectivity index (χ3n) is 5.54. The van der Waals surface area contributed by atoms with Gasteiger partial charge < -0.3 is 15.2 Å². The van der Waals surface area contributed by atoms with Crippen LogP contribution in [0.15, 0.2) is 28.8 Å². The number of nitrogens with one attached hydrogen (secondary N) is 1. The molecule has 0 bridgehead atoms. The van der Waals surface area contributed by atoms with Crippen LogP contribution in [0.2, 0.25) is 0 Å². The van der Waals surface area contributed by atoms with Crippen molar-refractivity contribution in [3.05, 3.63) is 35.7 Å². The van der Waals surface area contributed by atoms with Gasteiger partial charge in [0, 0.05) is 18.7 Å². The molecule has 6 nitrogen and oxygen atoms in total. The van der Waals surface area contributed by atoms with Crippen molar-refractivity contribution in [3.8, 4) is 11.4 Å². The van der Waals surface area contributed by atoms with Crippen molar-refractivity contribution in [2.75, 3.05) is 13.1 Å². The Labute approximate surface area is 168 Å². The van der Waals surface area contributed by atoms with Crippen LogP contribution in [0.3, 0.4) is 0 Å². The van der Waals surface area contributed by atoms with Crippen molar-refractivity contribution in [1.82, 2.24) is 15.0 Å². The van der Waals surface area contributed by atoms with Gasteiger partial charge in [-0.2, -0.15) is 4.98 Å². The topological polar surface area (TPSA) is 92.0 Å². The predicted octanol–water partition coefficient (Wildman–Crippen LogP) is 4.71. The molecule has 152 valence electrons. The van der Waals surface area contributed by atoms with Gasteiger partial charge >= 0.3 is 0 Å². The first-order valence-electron chi connectivity index (χ1n) is 10.7. The SMILES string of the molecule is CCCCCCCCCCc1ccc(-c2noc(C3CN(C(=N)N)C3)n2)cc1. The number of hydrogen-bond donors (Lipinski definition) is 2. The molecule has 0 unspecified atom stereocenters. The summed E-state index contributed by atoms with van der Waals surface area (Å²) in [6, 6.07) is 8.51. The first-order chi connectivity index (χ1) is 13.7. The summed E-state index contributed by atoms with van der Waals surface area (Å²) in [5.74, 6) is 1.54. The lowest BCUT2D eigenvalue weighted by molar-refractivity contribution is 0.203. The van der Waals surface area contributed by atoms with Crippen molar-refractivity contribution >= 4 is 5.96 Å². The number of hydrogen-bond acceptors (Lipinski definition) is 4. The zero-order chi connectivity index (χ0) is 19.8. The molecule has 0 radical (unpaired) electrons. The van der Waals surface area contributed by atoms with Crippen LogP contribution in [0, 0.1) is 5.41 Å². The predicted molar refractivity (Wildman–Crippen MR) is 112 cm³/mol. The number of guanidine groups is 1. The minimum Gasteiger partial charge on any atom is -0.370 e. The van der Waals surface area contributed by atoms with E-state index in [1.165, 1.54) is 56.9 Å². The highest BCUT2D eigenvalue weighted by Gasteiger charge is 2.33. The van der Waals surface area contributed by atoms with E-state index in [4.69, 9.17) is 15.7 Å². The standard InChI is InChI=1S/C22H33N5O/c1-2-3-4-5-6-7-8-9-10-17-11-13-18(14-12-17)20-25-21(28-26-20)19-15-27(16-19)22(23)24/h11-14,19H,2-10,15-16H2,1H3,(H3,23,24). The second-order valence-electron chi connectivity index (χ2n) is 7.87. The summed E-state index contributed by atoms with van der Waals surface area (Å²) in [6.45, 7) is 3.61. The number of rotatable bonds is 11. The normalized spacial score (nSPS) is 14.2. The van der Waals surface area contributed by atoms with Crippen LogP contribution in [0.1, 0.15) is 75.7 Å². The number of benzene rings is 1. The molecule has 2 heterocycles. The van der Waals surface area contributed by atoms with Gasteiger partial charge in [-0.3, -0.25) is 5.41 Å². The Hall–Kier alpha value is -2.37. The third kappa shape index (κ3) is 5.57. The van der Waals surface area contributed by atoms with Gasteiger partial charge in [0.2, 0.25) is 11.7 Å². The maximum Gasteiger partial charge on any atom is 0.233 e. The molecule has 28 heavy (non-hydrogen) atoms. The number of likely N-dealkylation sites (tertiary alicyclic amines) is 1. The summed E-state index contributed by atoms with van der Waals surface area (Å²) in [6.07, 6.45) is 11.9. The molecule has 0 spiro atoms. The van der Waals surface area contributed by atoms with Gasteiger partial charge in [0.15, 0.2) is 5.96 Å². The monoisotopic (exact) mass is 383 g/mol. The zero-order valence-electron chi connectivity index (χ0n) is 17.0. The Balaban J connectivity index is 1.39. The average Bonchev–Trinajstić information content (AvgIpc) is 3.12. The molecule has 1 aromatic carbocycles. The van der Waals surface area contributed by atoms with Crippen molar-refractivity contribution in [2.45, 2.75) is 70.6 Å². The Kier molecular flexibility index (Phi) is 7.46. The smallest absolute Gasteiger partial charge is 0.233 e. The molecule has 0 amide bonds. The molecule has 0 aliphatic carbocycles. The fraction of sp³-hybridized carbons (Fsp3) is 0.591. The van der Waals surface area contributed by atoms with E-state index in [2.05, 4.69) is 41.3 Å². The molecule has 6 heteroatoms. The van der Waals surface area contributed by atoms with Crippen LogP contribution in [0.25, 0.3) is 11.4 Å². The molecule has 0 atom stereocenters. The Morgan fingerprint density at radius 1 is 1.07 bits per heavy atom. The van der Waals surface area contributed by atoms with Gasteiger partial charge in [0.05, 0.1) is 5.92 Å². The van der Waals surface area contributed by atoms with Crippen molar-refractivity contribution in [2.24, 2.45) is 5.73 Å². The van der Waals surface area contributed by atoms with Gasteiger partial charge in [-0.25, -0.2) is 0 Å². The highest BCUT2D eigenvalue weighted by atomic mass is 16.5. The van der Waals surface area contributed by atoms with Crippen LogP contribution in [0.4, 0.5) is 0 Å². The number of unbranched alkanes of at least 4 members (excludes halogenated alkanes) is 7. The maximum absolute atomic E-state index is 7.41. The van der Waals surface area contributed by atoms with Crippen LogP contribution < -0.4 is 5.73 Å². The summed E-state index contributed by atoms with van der Waals surface area (Å²) in [5, 5.41) is 11.5. The maximum atomic E-state index is 7.41. The Morgan fingerprint density at radius 2 is 1.71 bits per heavy atom. The van der Waals surface area contributed by atoms with Gasteiger partial charge in [-0.05, 0) is 18.4 Å². The lowest BCUT2D eigenvalue weighted by Gasteiger charge is -2.37. The molecule has 1 aromatic heterocycles. The van der Waals surface area contributed by atoms with Gasteiger partial charge in [0.25, 0.3) is 0 Å². The number of nitrogens with two attached hydrogens (primary N) is 1. The zero-order valence-corrected chi connectivity index (χ0v) is 17.0. The van der Waals surface area contributed by atoms with Crippen molar-refractivity contribution in [3.63, 3.8) is 0 Å². The van der Waals surface area contributed by atoms with E-state index in [-0.39, 0.29) is 11.9 Å². The van der Waals surface area contributed by atoms with Crippen LogP contribution in [-0.2, 0) is 6.42 Å². The number of aryl methyl sites for hydroxylation is 1. The Bertz CT molecular complexity index is 734. The molecule has 1 saturated heterocycles. The van der Waals surface area contributed by atoms with Crippen molar-refractivity contribution in [1.29, 1.82) is 5.41 Å². The molecule has 3 N–H and O–H groups in total. The van der Waals surface area contributed by atoms with Gasteiger partial charge in [-0.1, -0.05) is 81.3 Å². The second kappa shape index (κ2) is 10.2. The molecular formula is C22H33N5O. The number of aromatic nitrogens is 2. The number of nitrogens with zero attached hydrogens (tertiary/aromatic N) is 3. The fourth-order valence-corrected chi connectivity index (χ4v) is 3.63. The highest BCUT2D eigenvalue weighted by molar-refractivity contribution is 5.75. The fourth-order valence-electron chi connectivity index (χ4n) is 3.63. The first kappa shape index (κ1) is 20.4. The quantitative estimate of drug-likeness (QED) is 0.333. The minimum atomic E-state index is 0.100. The van der Waals surface area contributed by atoms with Crippen LogP contribution in [0.5, 0.6) is 0 Å². The Morgan fingerprint density at radius 3 is 2.36 bits per heavy atom. The average molecular weight is 384 g/mol. The van der Waals surface area contributed by atoms with E-state index in [9.17, 15) is 0 Å². The summed E-state index contributed by atoms with van der Waals surface area (Å²) in [7, 11) is 0. The summed E-state index contributed by atoms with van der Waals surface area (Å²) in [4.78, 5) is 6.31. The van der Waals surface area contributed by atoms with E-state index in [0.29, 0.717) is 24.8 Å². The lowest BCUT2D eigenvalue weighted by atomic mass is 10.0. The minimum absolute atomic E-state index is 0.100. The highest BCUT2D eigenvalue weighted by Crippen LogP contribution is 2.27. The summed E-state index contributed by atoms with van der Waals surface area (Å²) in [5.41, 5.74) is 7.82. The summed E-state index contributed by atoms with van der Waals surface area (Å²) >= 11 is 0. The molecular weight excluding hydrogens is 350 g/mol. The second-order valence-corrected chi connectivity index (χ2v) is 7.87. The van der Waals surface area contributed by atoms with Crippen LogP contribution in [-0.4, -0.2) is 34.1 Å². The van der Waals surface area contributed by atoms with E-state index in [1.807, 2.05) is 0 Å². The molecule has 1 aliphatic heterocycles. The van der Waals surface area contributed by atoms with E-state index >= 15 is 0 Å². The van der Waals surface area contributed by atoms with E-state index < -0.39 is 0 Å². The van der Waals surface area contributed by atoms with Crippen molar-refractivity contribution < 1.29 is 4.52 Å². The van der Waals surface area contributed by atoms with Crippen LogP contribution >= 0.6 is 0 Å². The summed E-state index contributed by atoms with van der Waals surface area (Å²) < 4.78 is 5.41. The van der Waals surface area contributed by atoms with Gasteiger partial charge in [0.1, 0.15) is 0 Å². The van der Waals surface area contributed by atoms with Gasteiger partial charge in [-0.15, -0.1) is 0 Å². The molecule has 3 rings (SSSR count). The van der Waals surface area contributed by atoms with E-state index in [0.717, 1.165) is 12.0 Å². The molecule has 0 saturated carbocycles. The first-order valence-corrected chi connectivity index (χ1v) is 10.7. The third-order valence-corrected chi connectivity index (χ3v) is 5.54. The molecule has 2 aromatic rings. The lowest BCUT2D eigenvalue weighted by Crippen LogP contribution is -2.51. The molecule has 1 aliphatic rings. The van der Waals surface area contributed by atoms with E-state index in [1.54, 1.807) is 4.90 Å². The molecule has 1 fully saturated rings.